The fourth-order valence-corrected chi connectivity index (χ4v) is 3.23. The number of benzene rings is 1. The SMILES string of the molecule is CN1C(=O)CCC(NCc2nc3ccccc3s2)C1=O. The van der Waals surface area contributed by atoms with Gasteiger partial charge >= 0.3 is 0 Å². The van der Waals surface area contributed by atoms with E-state index in [1.807, 2.05) is 24.3 Å². The molecule has 1 aliphatic heterocycles. The molecule has 1 aliphatic rings. The van der Waals surface area contributed by atoms with Gasteiger partial charge in [0, 0.05) is 20.0 Å². The number of para-hydroxylation sites is 1. The molecule has 0 spiro atoms. The van der Waals surface area contributed by atoms with Crippen LogP contribution in [-0.2, 0) is 16.1 Å². The molecule has 0 aliphatic carbocycles. The maximum Gasteiger partial charge on any atom is 0.246 e. The van der Waals surface area contributed by atoms with E-state index in [1.54, 1.807) is 11.3 Å². The smallest absolute Gasteiger partial charge is 0.246 e. The summed E-state index contributed by atoms with van der Waals surface area (Å²) in [5, 5.41) is 4.16. The molecule has 104 valence electrons. The van der Waals surface area contributed by atoms with Gasteiger partial charge in [0.25, 0.3) is 0 Å². The molecule has 1 saturated heterocycles. The molecule has 2 amide bonds. The first-order valence-corrected chi connectivity index (χ1v) is 7.35. The van der Waals surface area contributed by atoms with Gasteiger partial charge in [0.2, 0.25) is 11.8 Å². The molecule has 1 aromatic heterocycles. The molecule has 1 unspecified atom stereocenters. The average molecular weight is 289 g/mol. The van der Waals surface area contributed by atoms with E-state index < -0.39 is 0 Å². The minimum absolute atomic E-state index is 0.104. The molecule has 0 radical (unpaired) electrons. The maximum absolute atomic E-state index is 12.0. The Morgan fingerprint density at radius 3 is 3.00 bits per heavy atom. The zero-order valence-electron chi connectivity index (χ0n) is 11.1. The molecular formula is C14H15N3O2S. The molecule has 2 heterocycles. The number of likely N-dealkylation sites (N-methyl/N-ethyl adjacent to an activating group) is 1. The first-order chi connectivity index (χ1) is 9.65. The number of amides is 2. The lowest BCUT2D eigenvalue weighted by Crippen LogP contribution is -2.51. The minimum Gasteiger partial charge on any atom is -0.299 e. The second-order valence-electron chi connectivity index (χ2n) is 4.84. The van der Waals surface area contributed by atoms with Crippen LogP contribution in [0.1, 0.15) is 17.8 Å². The zero-order valence-corrected chi connectivity index (χ0v) is 11.9. The summed E-state index contributed by atoms with van der Waals surface area (Å²) in [4.78, 5) is 29.1. The van der Waals surface area contributed by atoms with Gasteiger partial charge in [-0.1, -0.05) is 12.1 Å². The Kier molecular flexibility index (Phi) is 3.50. The lowest BCUT2D eigenvalue weighted by Gasteiger charge is -2.28. The van der Waals surface area contributed by atoms with Crippen molar-refractivity contribution in [2.24, 2.45) is 0 Å². The van der Waals surface area contributed by atoms with Crippen LogP contribution in [0.3, 0.4) is 0 Å². The van der Waals surface area contributed by atoms with Crippen molar-refractivity contribution in [2.75, 3.05) is 7.05 Å². The van der Waals surface area contributed by atoms with Gasteiger partial charge < -0.3 is 0 Å². The topological polar surface area (TPSA) is 62.3 Å². The highest BCUT2D eigenvalue weighted by Gasteiger charge is 2.31. The van der Waals surface area contributed by atoms with E-state index in [4.69, 9.17) is 0 Å². The third kappa shape index (κ3) is 2.44. The standard InChI is InChI=1S/C14H15N3O2S/c1-17-13(18)7-6-10(14(17)19)15-8-12-16-9-4-2-3-5-11(9)20-12/h2-5,10,15H,6-8H2,1H3. The number of hydrogen-bond donors (Lipinski definition) is 1. The van der Waals surface area contributed by atoms with Crippen LogP contribution in [0.4, 0.5) is 0 Å². The van der Waals surface area contributed by atoms with Crippen molar-refractivity contribution in [1.29, 1.82) is 0 Å². The van der Waals surface area contributed by atoms with Gasteiger partial charge in [0.15, 0.2) is 0 Å². The molecule has 5 nitrogen and oxygen atoms in total. The summed E-state index contributed by atoms with van der Waals surface area (Å²) in [5.74, 6) is -0.254. The second kappa shape index (κ2) is 5.30. The van der Waals surface area contributed by atoms with Crippen molar-refractivity contribution in [2.45, 2.75) is 25.4 Å². The van der Waals surface area contributed by atoms with Gasteiger partial charge in [-0.3, -0.25) is 19.8 Å². The highest BCUT2D eigenvalue weighted by atomic mass is 32.1. The van der Waals surface area contributed by atoms with E-state index in [0.717, 1.165) is 15.2 Å². The van der Waals surface area contributed by atoms with Gasteiger partial charge in [0.05, 0.1) is 16.3 Å². The summed E-state index contributed by atoms with van der Waals surface area (Å²) in [6.07, 6.45) is 0.979. The Morgan fingerprint density at radius 1 is 1.40 bits per heavy atom. The highest BCUT2D eigenvalue weighted by molar-refractivity contribution is 7.18. The Hall–Kier alpha value is -1.79. The first kappa shape index (κ1) is 13.2. The predicted molar refractivity (Wildman–Crippen MR) is 77.3 cm³/mol. The number of nitrogens with zero attached hydrogens (tertiary/aromatic N) is 2. The van der Waals surface area contributed by atoms with Crippen molar-refractivity contribution in [3.8, 4) is 0 Å². The summed E-state index contributed by atoms with van der Waals surface area (Å²) in [5.41, 5.74) is 0.983. The number of hydrogen-bond acceptors (Lipinski definition) is 5. The van der Waals surface area contributed by atoms with Crippen LogP contribution < -0.4 is 5.32 Å². The third-order valence-corrected chi connectivity index (χ3v) is 4.52. The van der Waals surface area contributed by atoms with Gasteiger partial charge in [0.1, 0.15) is 5.01 Å². The summed E-state index contributed by atoms with van der Waals surface area (Å²) < 4.78 is 1.14. The maximum atomic E-state index is 12.0. The zero-order chi connectivity index (χ0) is 14.1. The quantitative estimate of drug-likeness (QED) is 0.871. The number of fused-ring (bicyclic) bond motifs is 1. The number of thiazole rings is 1. The van der Waals surface area contributed by atoms with Gasteiger partial charge in [-0.05, 0) is 18.6 Å². The molecule has 1 aromatic carbocycles. The number of carbonyl (C=O) groups is 2. The van der Waals surface area contributed by atoms with Crippen LogP contribution in [0.2, 0.25) is 0 Å². The number of likely N-dealkylation sites (tertiary alicyclic amines) is 1. The van der Waals surface area contributed by atoms with Crippen molar-refractivity contribution in [3.05, 3.63) is 29.3 Å². The van der Waals surface area contributed by atoms with Crippen LogP contribution >= 0.6 is 11.3 Å². The molecule has 0 bridgehead atoms. The highest BCUT2D eigenvalue weighted by Crippen LogP contribution is 2.21. The van der Waals surface area contributed by atoms with E-state index in [2.05, 4.69) is 10.3 Å². The first-order valence-electron chi connectivity index (χ1n) is 6.53. The Bertz CT molecular complexity index is 634. The summed E-state index contributed by atoms with van der Waals surface area (Å²) in [6, 6.07) is 7.68. The largest absolute Gasteiger partial charge is 0.299 e. The normalized spacial score (nSPS) is 19.9. The number of nitrogens with one attached hydrogen (secondary N) is 1. The van der Waals surface area contributed by atoms with Crippen LogP contribution in [0.25, 0.3) is 10.2 Å². The van der Waals surface area contributed by atoms with Gasteiger partial charge in [-0.25, -0.2) is 4.98 Å². The molecular weight excluding hydrogens is 274 g/mol. The Balaban J connectivity index is 1.67. The predicted octanol–water partition coefficient (Wildman–Crippen LogP) is 1.53. The number of aromatic nitrogens is 1. The molecule has 2 aromatic rings. The van der Waals surface area contributed by atoms with E-state index in [0.29, 0.717) is 19.4 Å². The second-order valence-corrected chi connectivity index (χ2v) is 5.95. The molecule has 20 heavy (non-hydrogen) atoms. The van der Waals surface area contributed by atoms with Crippen LogP contribution in [0, 0.1) is 0 Å². The van der Waals surface area contributed by atoms with Gasteiger partial charge in [-0.15, -0.1) is 11.3 Å². The van der Waals surface area contributed by atoms with Crippen molar-refractivity contribution in [1.82, 2.24) is 15.2 Å². The lowest BCUT2D eigenvalue weighted by atomic mass is 10.0. The van der Waals surface area contributed by atoms with Crippen molar-refractivity contribution >= 4 is 33.4 Å². The summed E-state index contributed by atoms with van der Waals surface area (Å²) in [6.45, 7) is 0.553. The van der Waals surface area contributed by atoms with E-state index in [1.165, 1.54) is 11.9 Å². The number of rotatable bonds is 3. The lowest BCUT2D eigenvalue weighted by molar-refractivity contribution is -0.148. The minimum atomic E-state index is -0.287. The van der Waals surface area contributed by atoms with Crippen LogP contribution in [-0.4, -0.2) is 34.8 Å². The molecule has 6 heteroatoms. The average Bonchev–Trinajstić information content (AvgIpc) is 2.87. The Labute approximate surface area is 120 Å². The van der Waals surface area contributed by atoms with E-state index in [-0.39, 0.29) is 17.9 Å². The Morgan fingerprint density at radius 2 is 2.20 bits per heavy atom. The van der Waals surface area contributed by atoms with E-state index >= 15 is 0 Å². The van der Waals surface area contributed by atoms with E-state index in [9.17, 15) is 9.59 Å². The molecule has 3 rings (SSSR count). The van der Waals surface area contributed by atoms with Gasteiger partial charge in [-0.2, -0.15) is 0 Å². The summed E-state index contributed by atoms with van der Waals surface area (Å²) >= 11 is 1.62. The fraction of sp³-hybridized carbons (Fsp3) is 0.357. The van der Waals surface area contributed by atoms with Crippen LogP contribution in [0.5, 0.6) is 0 Å². The molecule has 0 saturated carbocycles. The summed E-state index contributed by atoms with van der Waals surface area (Å²) in [7, 11) is 1.54. The fourth-order valence-electron chi connectivity index (χ4n) is 2.31. The molecule has 1 atom stereocenters. The number of carbonyl (C=O) groups excluding carboxylic acids is 2. The number of piperidine rings is 1. The molecule has 1 fully saturated rings. The van der Waals surface area contributed by atoms with Crippen molar-refractivity contribution in [3.63, 3.8) is 0 Å². The van der Waals surface area contributed by atoms with Crippen molar-refractivity contribution < 1.29 is 9.59 Å². The third-order valence-electron chi connectivity index (χ3n) is 3.49. The monoisotopic (exact) mass is 289 g/mol. The molecule has 1 N–H and O–H groups in total. The van der Waals surface area contributed by atoms with Crippen LogP contribution in [0.15, 0.2) is 24.3 Å². The number of imide groups is 1.